The second kappa shape index (κ2) is 27.1. The number of carbonyl (C=O) groups is 1. The molecule has 1 rings (SSSR count). The molecule has 0 aliphatic carbocycles. The lowest BCUT2D eigenvalue weighted by Gasteiger charge is -2.40. The van der Waals surface area contributed by atoms with Crippen LogP contribution in [0, 0.1) is 0 Å². The second-order valence-electron chi connectivity index (χ2n) is 12.7. The van der Waals surface area contributed by atoms with E-state index in [1.165, 1.54) is 57.8 Å². The third-order valence-corrected chi connectivity index (χ3v) is 8.62. The van der Waals surface area contributed by atoms with E-state index < -0.39 is 49.5 Å². The zero-order chi connectivity index (χ0) is 32.4. The first-order valence-electron chi connectivity index (χ1n) is 17.9. The number of aliphatic hydroxyl groups excluding tert-OH is 5. The molecule has 0 bridgehead atoms. The maximum Gasteiger partial charge on any atom is 0.220 e. The number of nitrogens with one attached hydrogen (secondary N) is 1. The minimum absolute atomic E-state index is 0.142. The van der Waals surface area contributed by atoms with Crippen molar-refractivity contribution in [3.05, 3.63) is 12.2 Å². The highest BCUT2D eigenvalue weighted by atomic mass is 16.7. The van der Waals surface area contributed by atoms with Gasteiger partial charge in [-0.05, 0) is 38.5 Å². The first-order valence-corrected chi connectivity index (χ1v) is 17.9. The highest BCUT2D eigenvalue weighted by Gasteiger charge is 2.44. The molecule has 44 heavy (non-hydrogen) atoms. The van der Waals surface area contributed by atoms with E-state index in [0.29, 0.717) is 12.8 Å². The molecule has 9 nitrogen and oxygen atoms in total. The monoisotopic (exact) mass is 629 g/mol. The largest absolute Gasteiger partial charge is 0.394 e. The van der Waals surface area contributed by atoms with Crippen molar-refractivity contribution in [3.8, 4) is 0 Å². The summed E-state index contributed by atoms with van der Waals surface area (Å²) in [7, 11) is 0. The molecular formula is C35H67NO8. The van der Waals surface area contributed by atoms with Crippen molar-refractivity contribution >= 4 is 5.91 Å². The van der Waals surface area contributed by atoms with Gasteiger partial charge in [-0.3, -0.25) is 4.79 Å². The summed E-state index contributed by atoms with van der Waals surface area (Å²) in [6.07, 6.45) is 19.8. The number of allylic oxidation sites excluding steroid dienone is 2. The quantitative estimate of drug-likeness (QED) is 0.0495. The van der Waals surface area contributed by atoms with E-state index in [4.69, 9.17) is 9.47 Å². The molecule has 0 saturated carbocycles. The minimum Gasteiger partial charge on any atom is -0.394 e. The van der Waals surface area contributed by atoms with Crippen LogP contribution in [0.15, 0.2) is 12.2 Å². The van der Waals surface area contributed by atoms with Gasteiger partial charge in [0.2, 0.25) is 5.91 Å². The summed E-state index contributed by atoms with van der Waals surface area (Å²) < 4.78 is 11.1. The fourth-order valence-electron chi connectivity index (χ4n) is 5.62. The number of ether oxygens (including phenoxy) is 2. The summed E-state index contributed by atoms with van der Waals surface area (Å²) in [6.45, 7) is 3.70. The maximum atomic E-state index is 12.8. The predicted molar refractivity (Wildman–Crippen MR) is 175 cm³/mol. The maximum absolute atomic E-state index is 12.8. The van der Waals surface area contributed by atoms with Crippen LogP contribution in [-0.2, 0) is 14.3 Å². The predicted octanol–water partition coefficient (Wildman–Crippen LogP) is 5.44. The summed E-state index contributed by atoms with van der Waals surface area (Å²) in [4.78, 5) is 12.8. The SMILES string of the molecule is CCCCCCCCC/C=C\CCCCCCCC(=O)NC(COC1OC(CO)C(O)C(O)C1O)C(O)CCCCCCC. The molecular weight excluding hydrogens is 562 g/mol. The summed E-state index contributed by atoms with van der Waals surface area (Å²) in [5, 5.41) is 53.6. The molecule has 1 aliphatic rings. The molecule has 0 aromatic heterocycles. The molecule has 0 aromatic rings. The lowest BCUT2D eigenvalue weighted by atomic mass is 9.99. The van der Waals surface area contributed by atoms with E-state index in [1.54, 1.807) is 0 Å². The zero-order valence-electron chi connectivity index (χ0n) is 27.9. The van der Waals surface area contributed by atoms with Gasteiger partial charge >= 0.3 is 0 Å². The fraction of sp³-hybridized carbons (Fsp3) is 0.914. The number of aliphatic hydroxyl groups is 5. The average molecular weight is 630 g/mol. The molecule has 1 aliphatic heterocycles. The van der Waals surface area contributed by atoms with Crippen molar-refractivity contribution in [3.63, 3.8) is 0 Å². The van der Waals surface area contributed by atoms with Crippen LogP contribution in [0.3, 0.4) is 0 Å². The van der Waals surface area contributed by atoms with Crippen molar-refractivity contribution < 1.29 is 39.8 Å². The summed E-state index contributed by atoms with van der Waals surface area (Å²) in [5.41, 5.74) is 0. The van der Waals surface area contributed by atoms with Crippen LogP contribution in [0.2, 0.25) is 0 Å². The van der Waals surface area contributed by atoms with Gasteiger partial charge in [-0.2, -0.15) is 0 Å². The van der Waals surface area contributed by atoms with Crippen molar-refractivity contribution in [1.29, 1.82) is 0 Å². The van der Waals surface area contributed by atoms with E-state index in [2.05, 4.69) is 31.3 Å². The topological polar surface area (TPSA) is 149 Å². The van der Waals surface area contributed by atoms with Crippen LogP contribution in [0.4, 0.5) is 0 Å². The van der Waals surface area contributed by atoms with Gasteiger partial charge in [0, 0.05) is 6.42 Å². The van der Waals surface area contributed by atoms with Crippen molar-refractivity contribution in [2.24, 2.45) is 0 Å². The number of hydrogen-bond donors (Lipinski definition) is 6. The fourth-order valence-corrected chi connectivity index (χ4v) is 5.62. The van der Waals surface area contributed by atoms with Gasteiger partial charge in [-0.25, -0.2) is 0 Å². The van der Waals surface area contributed by atoms with Crippen LogP contribution < -0.4 is 5.32 Å². The van der Waals surface area contributed by atoms with Gasteiger partial charge < -0.3 is 40.3 Å². The van der Waals surface area contributed by atoms with E-state index in [1.807, 2.05) is 0 Å². The summed E-state index contributed by atoms with van der Waals surface area (Å²) >= 11 is 0. The van der Waals surface area contributed by atoms with Gasteiger partial charge in [-0.1, -0.05) is 116 Å². The Balaban J connectivity index is 2.34. The van der Waals surface area contributed by atoms with Crippen LogP contribution >= 0.6 is 0 Å². The molecule has 7 atom stereocenters. The van der Waals surface area contributed by atoms with Gasteiger partial charge in [0.15, 0.2) is 6.29 Å². The van der Waals surface area contributed by atoms with Gasteiger partial charge in [0.1, 0.15) is 24.4 Å². The number of amides is 1. The smallest absolute Gasteiger partial charge is 0.220 e. The Kier molecular flexibility index (Phi) is 25.2. The first-order chi connectivity index (χ1) is 21.3. The van der Waals surface area contributed by atoms with Gasteiger partial charge in [0.05, 0.1) is 25.4 Å². The molecule has 0 spiro atoms. The summed E-state index contributed by atoms with van der Waals surface area (Å²) in [5.74, 6) is -0.161. The normalized spacial score (nSPS) is 23.7. The molecule has 1 heterocycles. The first kappa shape index (κ1) is 41.0. The van der Waals surface area contributed by atoms with E-state index in [0.717, 1.165) is 64.2 Å². The number of carbonyl (C=O) groups excluding carboxylic acids is 1. The van der Waals surface area contributed by atoms with Crippen molar-refractivity contribution in [1.82, 2.24) is 5.32 Å². The van der Waals surface area contributed by atoms with E-state index in [-0.39, 0.29) is 12.5 Å². The van der Waals surface area contributed by atoms with E-state index >= 15 is 0 Å². The molecule has 0 radical (unpaired) electrons. The molecule has 1 amide bonds. The molecule has 6 N–H and O–H groups in total. The Hall–Kier alpha value is -1.07. The van der Waals surface area contributed by atoms with Crippen molar-refractivity contribution in [2.75, 3.05) is 13.2 Å². The standard InChI is InChI=1S/C35H67NO8/c1-3-5-7-9-10-11-12-13-14-15-16-17-18-19-21-23-25-31(39)36-28(29(38)24-22-20-8-6-4-2)27-43-35-34(42)33(41)32(40)30(26-37)44-35/h14-15,28-30,32-35,37-38,40-42H,3-13,16-27H2,1-2H3,(H,36,39)/b15-14-. The third-order valence-electron chi connectivity index (χ3n) is 8.62. The Morgan fingerprint density at radius 1 is 0.750 bits per heavy atom. The Morgan fingerprint density at radius 2 is 1.27 bits per heavy atom. The molecule has 1 fully saturated rings. The van der Waals surface area contributed by atoms with Crippen LogP contribution in [0.25, 0.3) is 0 Å². The summed E-state index contributed by atoms with van der Waals surface area (Å²) in [6, 6.07) is -0.714. The van der Waals surface area contributed by atoms with Crippen LogP contribution in [0.5, 0.6) is 0 Å². The molecule has 9 heteroatoms. The Bertz CT molecular complexity index is 706. The highest BCUT2D eigenvalue weighted by molar-refractivity contribution is 5.76. The lowest BCUT2D eigenvalue weighted by Crippen LogP contribution is -2.60. The molecule has 1 saturated heterocycles. The molecule has 0 aromatic carbocycles. The number of unbranched alkanes of at least 4 members (excludes halogenated alkanes) is 16. The minimum atomic E-state index is -1.55. The van der Waals surface area contributed by atoms with Gasteiger partial charge in [0.25, 0.3) is 0 Å². The highest BCUT2D eigenvalue weighted by Crippen LogP contribution is 2.22. The van der Waals surface area contributed by atoms with Gasteiger partial charge in [-0.15, -0.1) is 0 Å². The van der Waals surface area contributed by atoms with Crippen LogP contribution in [-0.4, -0.2) is 87.5 Å². The lowest BCUT2D eigenvalue weighted by molar-refractivity contribution is -0.302. The molecule has 7 unspecified atom stereocenters. The number of rotatable bonds is 28. The second-order valence-corrected chi connectivity index (χ2v) is 12.7. The zero-order valence-corrected chi connectivity index (χ0v) is 27.9. The van der Waals surface area contributed by atoms with E-state index in [9.17, 15) is 30.3 Å². The molecule has 260 valence electrons. The Morgan fingerprint density at radius 3 is 1.84 bits per heavy atom. The van der Waals surface area contributed by atoms with Crippen molar-refractivity contribution in [2.45, 2.75) is 192 Å². The Labute approximate surface area is 267 Å². The third kappa shape index (κ3) is 18.8. The number of hydrogen-bond acceptors (Lipinski definition) is 8. The van der Waals surface area contributed by atoms with Crippen LogP contribution in [0.1, 0.15) is 149 Å². The average Bonchev–Trinajstić information content (AvgIpc) is 3.02.